The van der Waals surface area contributed by atoms with E-state index in [1.165, 1.54) is 19.3 Å². The molecule has 0 aliphatic carbocycles. The standard InChI is InChI=1S/C22H22N2O3/c1-15-6-4-9-19(16(15)2)14-24-22(26)18(13-23)8-5-7-17-10-11-20(25)21(12-17)27-3/h4-12,25H,14H2,1-3H3,(H,24,26)/b7-5+,18-8+. The van der Waals surface area contributed by atoms with Gasteiger partial charge in [-0.15, -0.1) is 0 Å². The normalized spacial score (nSPS) is 11.3. The molecule has 0 saturated heterocycles. The quantitative estimate of drug-likeness (QED) is 0.465. The van der Waals surface area contributed by atoms with Crippen LogP contribution >= 0.6 is 0 Å². The summed E-state index contributed by atoms with van der Waals surface area (Å²) in [6, 6.07) is 12.7. The molecule has 0 aromatic heterocycles. The van der Waals surface area contributed by atoms with Gasteiger partial charge in [0.25, 0.3) is 5.91 Å². The highest BCUT2D eigenvalue weighted by Crippen LogP contribution is 2.26. The minimum atomic E-state index is -0.425. The summed E-state index contributed by atoms with van der Waals surface area (Å²) in [5.74, 6) is -0.0204. The molecule has 138 valence electrons. The number of nitrogens with zero attached hydrogens (tertiary/aromatic N) is 1. The average Bonchev–Trinajstić information content (AvgIpc) is 2.67. The van der Waals surface area contributed by atoms with Gasteiger partial charge in [0.2, 0.25) is 0 Å². The van der Waals surface area contributed by atoms with Gasteiger partial charge in [-0.3, -0.25) is 4.79 Å². The Hall–Kier alpha value is -3.52. The first-order valence-corrected chi connectivity index (χ1v) is 8.45. The fraction of sp³-hybridized carbons (Fsp3) is 0.182. The Bertz CT molecular complexity index is 937. The molecule has 0 aliphatic rings. The van der Waals surface area contributed by atoms with Gasteiger partial charge in [0.15, 0.2) is 11.5 Å². The number of phenolic OH excluding ortho intramolecular Hbond substituents is 1. The van der Waals surface area contributed by atoms with Gasteiger partial charge in [0.05, 0.1) is 7.11 Å². The van der Waals surface area contributed by atoms with E-state index in [0.717, 1.165) is 22.3 Å². The smallest absolute Gasteiger partial charge is 0.262 e. The molecule has 0 heterocycles. The summed E-state index contributed by atoms with van der Waals surface area (Å²) in [5, 5.41) is 21.6. The van der Waals surface area contributed by atoms with E-state index in [-0.39, 0.29) is 11.3 Å². The number of carbonyl (C=O) groups is 1. The number of methoxy groups -OCH3 is 1. The molecule has 0 spiro atoms. The summed E-state index contributed by atoms with van der Waals surface area (Å²) in [6.45, 7) is 4.39. The van der Waals surface area contributed by atoms with Crippen molar-refractivity contribution in [3.8, 4) is 17.6 Å². The number of hydrogen-bond acceptors (Lipinski definition) is 4. The van der Waals surface area contributed by atoms with Crippen LogP contribution in [0.4, 0.5) is 0 Å². The maximum atomic E-state index is 12.2. The van der Waals surface area contributed by atoms with Crippen LogP contribution in [-0.2, 0) is 11.3 Å². The number of nitriles is 1. The van der Waals surface area contributed by atoms with Crippen LogP contribution in [0.3, 0.4) is 0 Å². The molecule has 2 rings (SSSR count). The molecule has 0 saturated carbocycles. The highest BCUT2D eigenvalue weighted by molar-refractivity contribution is 5.97. The van der Waals surface area contributed by atoms with Crippen LogP contribution in [0.2, 0.25) is 0 Å². The van der Waals surface area contributed by atoms with Gasteiger partial charge in [-0.2, -0.15) is 5.26 Å². The van der Waals surface area contributed by atoms with Crippen molar-refractivity contribution >= 4 is 12.0 Å². The molecule has 1 amide bonds. The van der Waals surface area contributed by atoms with Crippen molar-refractivity contribution in [3.63, 3.8) is 0 Å². The predicted octanol–water partition coefficient (Wildman–Crippen LogP) is 3.80. The van der Waals surface area contributed by atoms with Crippen molar-refractivity contribution in [2.45, 2.75) is 20.4 Å². The molecule has 5 heteroatoms. The van der Waals surface area contributed by atoms with Crippen LogP contribution in [0, 0.1) is 25.2 Å². The summed E-state index contributed by atoms with van der Waals surface area (Å²) >= 11 is 0. The Balaban J connectivity index is 2.05. The number of ether oxygens (including phenoxy) is 1. The molecule has 2 aromatic rings. The van der Waals surface area contributed by atoms with Crippen LogP contribution in [0.5, 0.6) is 11.5 Å². The monoisotopic (exact) mass is 362 g/mol. The first kappa shape index (κ1) is 19.8. The van der Waals surface area contributed by atoms with Crippen molar-refractivity contribution in [1.29, 1.82) is 5.26 Å². The van der Waals surface area contributed by atoms with E-state index >= 15 is 0 Å². The maximum absolute atomic E-state index is 12.2. The summed E-state index contributed by atoms with van der Waals surface area (Å²) in [5.41, 5.74) is 4.09. The van der Waals surface area contributed by atoms with E-state index in [4.69, 9.17) is 4.74 Å². The van der Waals surface area contributed by atoms with Crippen molar-refractivity contribution in [2.75, 3.05) is 7.11 Å². The van der Waals surface area contributed by atoms with Crippen LogP contribution in [0.1, 0.15) is 22.3 Å². The number of allylic oxidation sites excluding steroid dienone is 2. The first-order chi connectivity index (χ1) is 13.0. The van der Waals surface area contributed by atoms with Gasteiger partial charge in [0, 0.05) is 6.54 Å². The lowest BCUT2D eigenvalue weighted by molar-refractivity contribution is -0.117. The van der Waals surface area contributed by atoms with Crippen molar-refractivity contribution in [1.82, 2.24) is 5.32 Å². The molecular formula is C22H22N2O3. The number of nitrogens with one attached hydrogen (secondary N) is 1. The molecule has 2 aromatic carbocycles. The Morgan fingerprint density at radius 3 is 2.78 bits per heavy atom. The van der Waals surface area contributed by atoms with Gasteiger partial charge in [-0.05, 0) is 54.3 Å². The minimum absolute atomic E-state index is 0.0160. The number of amides is 1. The fourth-order valence-corrected chi connectivity index (χ4v) is 2.49. The number of benzene rings is 2. The van der Waals surface area contributed by atoms with Crippen LogP contribution in [0.15, 0.2) is 54.1 Å². The third-order valence-electron chi connectivity index (χ3n) is 4.28. The van der Waals surface area contributed by atoms with Gasteiger partial charge >= 0.3 is 0 Å². The fourth-order valence-electron chi connectivity index (χ4n) is 2.49. The second-order valence-corrected chi connectivity index (χ2v) is 6.02. The Morgan fingerprint density at radius 1 is 1.30 bits per heavy atom. The molecule has 0 fully saturated rings. The SMILES string of the molecule is COc1cc(/C=C/C=C(\C#N)C(=O)NCc2cccc(C)c2C)ccc1O. The Kier molecular flexibility index (Phi) is 6.79. The first-order valence-electron chi connectivity index (χ1n) is 8.45. The zero-order valence-electron chi connectivity index (χ0n) is 15.6. The van der Waals surface area contributed by atoms with Gasteiger partial charge in [-0.25, -0.2) is 0 Å². The molecule has 0 atom stereocenters. The number of aromatic hydroxyl groups is 1. The van der Waals surface area contributed by atoms with E-state index in [2.05, 4.69) is 5.32 Å². The van der Waals surface area contributed by atoms with E-state index < -0.39 is 5.91 Å². The number of rotatable bonds is 6. The summed E-state index contributed by atoms with van der Waals surface area (Å²) in [6.07, 6.45) is 4.79. The molecule has 0 radical (unpaired) electrons. The summed E-state index contributed by atoms with van der Waals surface area (Å²) in [7, 11) is 1.47. The Morgan fingerprint density at radius 2 is 2.07 bits per heavy atom. The Labute approximate surface area is 159 Å². The number of carbonyl (C=O) groups excluding carboxylic acids is 1. The zero-order chi connectivity index (χ0) is 19.8. The van der Waals surface area contributed by atoms with Crippen molar-refractivity contribution in [3.05, 3.63) is 76.4 Å². The van der Waals surface area contributed by atoms with Crippen LogP contribution in [-0.4, -0.2) is 18.1 Å². The third kappa shape index (κ3) is 5.23. The van der Waals surface area contributed by atoms with Crippen molar-refractivity contribution in [2.24, 2.45) is 0 Å². The summed E-state index contributed by atoms with van der Waals surface area (Å²) in [4.78, 5) is 12.2. The molecule has 27 heavy (non-hydrogen) atoms. The molecule has 0 aliphatic heterocycles. The number of aryl methyl sites for hydroxylation is 1. The van der Waals surface area contributed by atoms with Crippen LogP contribution in [0.25, 0.3) is 6.08 Å². The lowest BCUT2D eigenvalue weighted by Crippen LogP contribution is -2.24. The number of hydrogen-bond donors (Lipinski definition) is 2. The second kappa shape index (κ2) is 9.25. The minimum Gasteiger partial charge on any atom is -0.504 e. The highest BCUT2D eigenvalue weighted by Gasteiger charge is 2.09. The van der Waals surface area contributed by atoms with Gasteiger partial charge in [-0.1, -0.05) is 36.4 Å². The zero-order valence-corrected chi connectivity index (χ0v) is 15.6. The van der Waals surface area contributed by atoms with E-state index in [1.807, 2.05) is 38.1 Å². The third-order valence-corrected chi connectivity index (χ3v) is 4.28. The molecule has 5 nitrogen and oxygen atoms in total. The summed E-state index contributed by atoms with van der Waals surface area (Å²) < 4.78 is 5.05. The van der Waals surface area contributed by atoms with E-state index in [0.29, 0.717) is 12.3 Å². The molecule has 0 unspecified atom stereocenters. The largest absolute Gasteiger partial charge is 0.504 e. The van der Waals surface area contributed by atoms with Crippen LogP contribution < -0.4 is 10.1 Å². The maximum Gasteiger partial charge on any atom is 0.262 e. The van der Waals surface area contributed by atoms with E-state index in [9.17, 15) is 15.2 Å². The molecular weight excluding hydrogens is 340 g/mol. The molecule has 2 N–H and O–H groups in total. The molecule has 0 bridgehead atoms. The van der Waals surface area contributed by atoms with Gasteiger partial charge in [0.1, 0.15) is 11.6 Å². The lowest BCUT2D eigenvalue weighted by atomic mass is 10.0. The predicted molar refractivity (Wildman–Crippen MR) is 105 cm³/mol. The average molecular weight is 362 g/mol. The highest BCUT2D eigenvalue weighted by atomic mass is 16.5. The number of phenols is 1. The second-order valence-electron chi connectivity index (χ2n) is 6.02. The van der Waals surface area contributed by atoms with Gasteiger partial charge < -0.3 is 15.2 Å². The topological polar surface area (TPSA) is 82.3 Å². The van der Waals surface area contributed by atoms with E-state index in [1.54, 1.807) is 24.3 Å². The lowest BCUT2D eigenvalue weighted by Gasteiger charge is -2.09. The van der Waals surface area contributed by atoms with Crippen molar-refractivity contribution < 1.29 is 14.6 Å².